The molecule has 0 saturated heterocycles. The van der Waals surface area contributed by atoms with Crippen molar-refractivity contribution in [1.29, 1.82) is 0 Å². The quantitative estimate of drug-likeness (QED) is 0.159. The number of benzene rings is 9. The minimum absolute atomic E-state index is 1.11. The summed E-state index contributed by atoms with van der Waals surface area (Å²) < 4.78 is 7.54. The highest BCUT2D eigenvalue weighted by Gasteiger charge is 2.20. The van der Waals surface area contributed by atoms with E-state index in [4.69, 9.17) is 0 Å². The van der Waals surface area contributed by atoms with E-state index in [9.17, 15) is 0 Å². The lowest BCUT2D eigenvalue weighted by atomic mass is 10.1. The fourth-order valence-corrected chi connectivity index (χ4v) is 11.1. The van der Waals surface area contributed by atoms with Gasteiger partial charge >= 0.3 is 0 Å². The molecule has 0 bridgehead atoms. The highest BCUT2D eigenvalue weighted by atomic mass is 32.1. The predicted molar refractivity (Wildman–Crippen MR) is 256 cm³/mol. The first-order valence-electron chi connectivity index (χ1n) is 19.9. The summed E-state index contributed by atoms with van der Waals surface area (Å²) in [5.74, 6) is 0. The smallest absolute Gasteiger partial charge is 0.0561 e. The number of para-hydroxylation sites is 4. The molecule has 0 amide bonds. The average Bonchev–Trinajstić information content (AvgIpc) is 3.96. The Kier molecular flexibility index (Phi) is 7.90. The van der Waals surface area contributed by atoms with Crippen LogP contribution in [0.5, 0.6) is 0 Å². The van der Waals surface area contributed by atoms with E-state index in [0.717, 1.165) is 39.8 Å². The van der Waals surface area contributed by atoms with Crippen LogP contribution in [-0.2, 0) is 0 Å². The maximum absolute atomic E-state index is 2.39. The van der Waals surface area contributed by atoms with E-state index in [0.29, 0.717) is 0 Å². The number of thiophene rings is 2. The molecule has 0 N–H and O–H groups in total. The summed E-state index contributed by atoms with van der Waals surface area (Å²) >= 11 is 3.72. The average molecular weight is 790 g/mol. The van der Waals surface area contributed by atoms with Gasteiger partial charge in [0.15, 0.2) is 0 Å². The molecule has 0 fully saturated rings. The number of nitrogens with zero attached hydrogens (tertiary/aromatic N) is 3. The largest absolute Gasteiger partial charge is 0.310 e. The van der Waals surface area contributed by atoms with Crippen molar-refractivity contribution in [2.24, 2.45) is 0 Å². The highest BCUT2D eigenvalue weighted by Crippen LogP contribution is 2.46. The second-order valence-electron chi connectivity index (χ2n) is 15.0. The molecule has 59 heavy (non-hydrogen) atoms. The van der Waals surface area contributed by atoms with E-state index < -0.39 is 0 Å². The highest BCUT2D eigenvalue weighted by molar-refractivity contribution is 7.26. The Hall–Kier alpha value is -7.18. The SMILES string of the molecule is c1ccc(N(c2ccc3c(c2)sc2ccccc23)c2ccc3c(c2)sc2ccc(N(c4ccccc4)c4ccc5c6ccccc6n(-c6ccccc6)c5c4)cc23)cc1. The van der Waals surface area contributed by atoms with Crippen LogP contribution in [0.3, 0.4) is 0 Å². The molecule has 278 valence electrons. The zero-order valence-electron chi connectivity index (χ0n) is 31.9. The number of anilines is 6. The maximum atomic E-state index is 2.39. The van der Waals surface area contributed by atoms with Gasteiger partial charge in [0.1, 0.15) is 0 Å². The van der Waals surface area contributed by atoms with Crippen LogP contribution in [0, 0.1) is 0 Å². The van der Waals surface area contributed by atoms with Gasteiger partial charge in [0.05, 0.1) is 11.0 Å². The third-order valence-corrected chi connectivity index (χ3v) is 13.8. The fraction of sp³-hybridized carbons (Fsp3) is 0. The summed E-state index contributed by atoms with van der Waals surface area (Å²) in [5, 5.41) is 7.63. The van der Waals surface area contributed by atoms with Gasteiger partial charge < -0.3 is 14.4 Å². The number of hydrogen-bond donors (Lipinski definition) is 0. The summed E-state index contributed by atoms with van der Waals surface area (Å²) in [5.41, 5.74) is 10.3. The molecule has 3 heterocycles. The van der Waals surface area contributed by atoms with Crippen LogP contribution in [0.2, 0.25) is 0 Å². The van der Waals surface area contributed by atoms with Gasteiger partial charge in [0.25, 0.3) is 0 Å². The predicted octanol–water partition coefficient (Wildman–Crippen LogP) is 16.5. The van der Waals surface area contributed by atoms with Crippen molar-refractivity contribution in [2.75, 3.05) is 9.80 Å². The summed E-state index contributed by atoms with van der Waals surface area (Å²) in [6.07, 6.45) is 0. The molecule has 0 spiro atoms. The van der Waals surface area contributed by atoms with E-state index in [1.54, 1.807) is 0 Å². The third-order valence-electron chi connectivity index (χ3n) is 11.5. The Morgan fingerprint density at radius 2 is 0.712 bits per heavy atom. The lowest BCUT2D eigenvalue weighted by Gasteiger charge is -2.26. The Morgan fingerprint density at radius 1 is 0.271 bits per heavy atom. The number of aromatic nitrogens is 1. The zero-order valence-corrected chi connectivity index (χ0v) is 33.5. The second-order valence-corrected chi connectivity index (χ2v) is 17.1. The zero-order chi connectivity index (χ0) is 38.9. The lowest BCUT2D eigenvalue weighted by molar-refractivity contribution is 1.18. The van der Waals surface area contributed by atoms with Crippen LogP contribution in [0.15, 0.2) is 212 Å². The van der Waals surface area contributed by atoms with E-state index in [2.05, 4.69) is 227 Å². The van der Waals surface area contributed by atoms with Crippen LogP contribution in [0.4, 0.5) is 34.1 Å². The van der Waals surface area contributed by atoms with Gasteiger partial charge in [-0.2, -0.15) is 0 Å². The van der Waals surface area contributed by atoms with Gasteiger partial charge in [0.2, 0.25) is 0 Å². The molecule has 9 aromatic carbocycles. The van der Waals surface area contributed by atoms with Crippen molar-refractivity contribution in [3.05, 3.63) is 212 Å². The summed E-state index contributed by atoms with van der Waals surface area (Å²) in [6, 6.07) is 77.3. The topological polar surface area (TPSA) is 11.4 Å². The van der Waals surface area contributed by atoms with Crippen molar-refractivity contribution in [1.82, 2.24) is 4.57 Å². The molecule has 0 aliphatic rings. The molecule has 0 atom stereocenters. The second kappa shape index (κ2) is 13.7. The van der Waals surface area contributed by atoms with Crippen molar-refractivity contribution in [2.45, 2.75) is 0 Å². The fourth-order valence-electron chi connectivity index (χ4n) is 8.89. The third kappa shape index (κ3) is 5.62. The Labute approximate surface area is 349 Å². The van der Waals surface area contributed by atoms with Gasteiger partial charge in [0, 0.05) is 90.9 Å². The Bertz CT molecular complexity index is 3510. The van der Waals surface area contributed by atoms with Gasteiger partial charge in [-0.3, -0.25) is 0 Å². The Balaban J connectivity index is 0.995. The minimum atomic E-state index is 1.11. The summed E-state index contributed by atoms with van der Waals surface area (Å²) in [6.45, 7) is 0. The van der Waals surface area contributed by atoms with E-state index in [-0.39, 0.29) is 0 Å². The van der Waals surface area contributed by atoms with E-state index in [1.165, 1.54) is 62.2 Å². The number of fused-ring (bicyclic) bond motifs is 9. The Morgan fingerprint density at radius 3 is 1.37 bits per heavy atom. The minimum Gasteiger partial charge on any atom is -0.310 e. The molecule has 12 aromatic rings. The molecule has 12 rings (SSSR count). The molecule has 0 radical (unpaired) electrons. The normalized spacial score (nSPS) is 11.7. The van der Waals surface area contributed by atoms with Crippen LogP contribution in [0.1, 0.15) is 0 Å². The molecular weight excluding hydrogens is 755 g/mol. The molecule has 0 aliphatic carbocycles. The van der Waals surface area contributed by atoms with Crippen molar-refractivity contribution >= 4 is 119 Å². The molecule has 0 unspecified atom stereocenters. The van der Waals surface area contributed by atoms with Gasteiger partial charge in [-0.15, -0.1) is 22.7 Å². The number of rotatable bonds is 7. The van der Waals surface area contributed by atoms with E-state index in [1.807, 2.05) is 22.7 Å². The van der Waals surface area contributed by atoms with Gasteiger partial charge in [-0.05, 0) is 103 Å². The van der Waals surface area contributed by atoms with Crippen LogP contribution in [0.25, 0.3) is 67.8 Å². The first-order chi connectivity index (χ1) is 29.2. The van der Waals surface area contributed by atoms with Crippen LogP contribution in [-0.4, -0.2) is 4.57 Å². The van der Waals surface area contributed by atoms with E-state index >= 15 is 0 Å². The first kappa shape index (κ1) is 33.9. The molecule has 3 aromatic heterocycles. The molecule has 0 aliphatic heterocycles. The van der Waals surface area contributed by atoms with Crippen molar-refractivity contribution in [3.63, 3.8) is 0 Å². The van der Waals surface area contributed by atoms with Crippen molar-refractivity contribution in [3.8, 4) is 5.69 Å². The standard InChI is InChI=1S/C54H35N3S2/c1-4-14-36(15-5-1)55(40-24-28-44-43-20-10-12-22-49(43)57(50(44)33-40)38-18-8-3-9-19-38)39-27-31-52-48(32-39)47-30-26-42(35-54(47)59-52)56(37-16-6-2-7-17-37)41-25-29-46-45-21-11-13-23-51(45)58-53(46)34-41/h1-35H. The monoisotopic (exact) mass is 789 g/mol. The molecular formula is C54H35N3S2. The molecule has 3 nitrogen and oxygen atoms in total. The van der Waals surface area contributed by atoms with Gasteiger partial charge in [-0.1, -0.05) is 109 Å². The lowest BCUT2D eigenvalue weighted by Crippen LogP contribution is -2.10. The van der Waals surface area contributed by atoms with Crippen LogP contribution < -0.4 is 9.80 Å². The van der Waals surface area contributed by atoms with Gasteiger partial charge in [-0.25, -0.2) is 0 Å². The summed E-state index contributed by atoms with van der Waals surface area (Å²) in [4.78, 5) is 4.78. The number of hydrogen-bond acceptors (Lipinski definition) is 4. The summed E-state index contributed by atoms with van der Waals surface area (Å²) in [7, 11) is 0. The molecule has 5 heteroatoms. The molecule has 0 saturated carbocycles. The van der Waals surface area contributed by atoms with Crippen LogP contribution >= 0.6 is 22.7 Å². The first-order valence-corrected chi connectivity index (χ1v) is 21.6. The maximum Gasteiger partial charge on any atom is 0.0561 e. The van der Waals surface area contributed by atoms with Crippen molar-refractivity contribution < 1.29 is 0 Å².